The molecule has 1 rings (SSSR count). The number of allylic oxidation sites excluding steroid dienone is 1. The molecule has 0 spiro atoms. The Hall–Kier alpha value is -1.12. The van der Waals surface area contributed by atoms with E-state index in [1.54, 1.807) is 0 Å². The summed E-state index contributed by atoms with van der Waals surface area (Å²) < 4.78 is 0. The van der Waals surface area contributed by atoms with Crippen LogP contribution in [0.1, 0.15) is 24.2 Å². The molecule has 0 amide bonds. The van der Waals surface area contributed by atoms with E-state index in [0.717, 1.165) is 16.7 Å². The van der Waals surface area contributed by atoms with Crippen LogP contribution < -0.4 is 5.73 Å². The van der Waals surface area contributed by atoms with Crippen LogP contribution in [-0.4, -0.2) is 11.7 Å². The van der Waals surface area contributed by atoms with E-state index in [2.05, 4.69) is 6.58 Å². The molecule has 70 valence electrons. The predicted octanol–water partition coefficient (Wildman–Crippen LogP) is 1.71. The van der Waals surface area contributed by atoms with Gasteiger partial charge in [0.15, 0.2) is 0 Å². The number of aliphatic hydroxyl groups excluding tert-OH is 1. The third-order valence-corrected chi connectivity index (χ3v) is 1.99. The molecule has 13 heavy (non-hydrogen) atoms. The fraction of sp³-hybridized carbons (Fsp3) is 0.273. The van der Waals surface area contributed by atoms with Gasteiger partial charge in [-0.2, -0.15) is 0 Å². The standard InChI is InChI=1S/C11H15NO/c1-8(2)9-4-3-5-10(6-9)11(13)7-12/h3-6,11,13H,1,7,12H2,2H3. The molecule has 0 saturated carbocycles. The van der Waals surface area contributed by atoms with Gasteiger partial charge in [-0.15, -0.1) is 0 Å². The molecule has 0 radical (unpaired) electrons. The van der Waals surface area contributed by atoms with Crippen molar-refractivity contribution in [2.24, 2.45) is 5.73 Å². The van der Waals surface area contributed by atoms with Gasteiger partial charge in [-0.3, -0.25) is 0 Å². The van der Waals surface area contributed by atoms with Crippen LogP contribution >= 0.6 is 0 Å². The van der Waals surface area contributed by atoms with Crippen LogP contribution in [-0.2, 0) is 0 Å². The quantitative estimate of drug-likeness (QED) is 0.738. The van der Waals surface area contributed by atoms with E-state index < -0.39 is 6.10 Å². The highest BCUT2D eigenvalue weighted by Gasteiger charge is 2.04. The Labute approximate surface area is 78.7 Å². The van der Waals surface area contributed by atoms with Gasteiger partial charge in [-0.25, -0.2) is 0 Å². The molecule has 1 aromatic carbocycles. The van der Waals surface area contributed by atoms with E-state index in [-0.39, 0.29) is 6.54 Å². The molecule has 0 aliphatic carbocycles. The Bertz CT molecular complexity index is 307. The Morgan fingerprint density at radius 1 is 1.62 bits per heavy atom. The maximum absolute atomic E-state index is 9.48. The molecule has 0 aliphatic rings. The van der Waals surface area contributed by atoms with Gasteiger partial charge in [0, 0.05) is 6.54 Å². The summed E-state index contributed by atoms with van der Waals surface area (Å²) in [5.74, 6) is 0. The maximum Gasteiger partial charge on any atom is 0.0912 e. The van der Waals surface area contributed by atoms with E-state index in [1.165, 1.54) is 0 Å². The van der Waals surface area contributed by atoms with E-state index in [9.17, 15) is 5.11 Å². The van der Waals surface area contributed by atoms with Crippen molar-refractivity contribution in [3.05, 3.63) is 42.0 Å². The van der Waals surface area contributed by atoms with Crippen molar-refractivity contribution in [1.82, 2.24) is 0 Å². The molecule has 0 saturated heterocycles. The summed E-state index contributed by atoms with van der Waals surface area (Å²) in [6.07, 6.45) is -0.570. The fourth-order valence-corrected chi connectivity index (χ4v) is 1.15. The third kappa shape index (κ3) is 2.41. The number of benzene rings is 1. The van der Waals surface area contributed by atoms with Crippen LogP contribution in [0.25, 0.3) is 5.57 Å². The van der Waals surface area contributed by atoms with E-state index in [0.29, 0.717) is 0 Å². The Kier molecular flexibility index (Phi) is 3.23. The lowest BCUT2D eigenvalue weighted by Gasteiger charge is -2.09. The summed E-state index contributed by atoms with van der Waals surface area (Å²) in [5.41, 5.74) is 8.25. The van der Waals surface area contributed by atoms with Crippen LogP contribution in [0.2, 0.25) is 0 Å². The second kappa shape index (κ2) is 4.21. The molecule has 0 aromatic heterocycles. The molecule has 0 heterocycles. The second-order valence-electron chi connectivity index (χ2n) is 3.16. The largest absolute Gasteiger partial charge is 0.387 e. The van der Waals surface area contributed by atoms with Gasteiger partial charge in [0.05, 0.1) is 6.10 Å². The molecule has 1 aromatic rings. The summed E-state index contributed by atoms with van der Waals surface area (Å²) in [4.78, 5) is 0. The summed E-state index contributed by atoms with van der Waals surface area (Å²) in [6, 6.07) is 7.65. The fourth-order valence-electron chi connectivity index (χ4n) is 1.15. The highest BCUT2D eigenvalue weighted by molar-refractivity contribution is 5.61. The normalized spacial score (nSPS) is 12.5. The van der Waals surface area contributed by atoms with Crippen LogP contribution in [0.5, 0.6) is 0 Å². The smallest absolute Gasteiger partial charge is 0.0912 e. The molecule has 0 fully saturated rings. The Morgan fingerprint density at radius 2 is 2.31 bits per heavy atom. The minimum atomic E-state index is -0.570. The Morgan fingerprint density at radius 3 is 2.85 bits per heavy atom. The van der Waals surface area contributed by atoms with E-state index >= 15 is 0 Å². The highest BCUT2D eigenvalue weighted by atomic mass is 16.3. The lowest BCUT2D eigenvalue weighted by Crippen LogP contribution is -2.11. The average molecular weight is 177 g/mol. The van der Waals surface area contributed by atoms with Crippen LogP contribution in [0.3, 0.4) is 0 Å². The Balaban J connectivity index is 2.98. The van der Waals surface area contributed by atoms with Gasteiger partial charge < -0.3 is 10.8 Å². The topological polar surface area (TPSA) is 46.2 Å². The van der Waals surface area contributed by atoms with Gasteiger partial charge in [0.25, 0.3) is 0 Å². The molecule has 3 N–H and O–H groups in total. The summed E-state index contributed by atoms with van der Waals surface area (Å²) in [7, 11) is 0. The van der Waals surface area contributed by atoms with Crippen molar-refractivity contribution in [3.8, 4) is 0 Å². The lowest BCUT2D eigenvalue weighted by atomic mass is 10.0. The first kappa shape index (κ1) is 9.96. The van der Waals surface area contributed by atoms with Crippen molar-refractivity contribution in [3.63, 3.8) is 0 Å². The molecule has 1 unspecified atom stereocenters. The number of rotatable bonds is 3. The van der Waals surface area contributed by atoms with Crippen LogP contribution in [0, 0.1) is 0 Å². The monoisotopic (exact) mass is 177 g/mol. The number of nitrogens with two attached hydrogens (primary N) is 1. The summed E-state index contributed by atoms with van der Waals surface area (Å²) >= 11 is 0. The molecular formula is C11H15NO. The van der Waals surface area contributed by atoms with Gasteiger partial charge in [-0.05, 0) is 24.1 Å². The number of aliphatic hydroxyl groups is 1. The SMILES string of the molecule is C=C(C)c1cccc(C(O)CN)c1. The average Bonchev–Trinajstić information content (AvgIpc) is 2.17. The first-order chi connectivity index (χ1) is 6.15. The molecule has 1 atom stereocenters. The predicted molar refractivity (Wildman–Crippen MR) is 55.2 cm³/mol. The van der Waals surface area contributed by atoms with Crippen LogP contribution in [0.4, 0.5) is 0 Å². The first-order valence-electron chi connectivity index (χ1n) is 4.29. The van der Waals surface area contributed by atoms with Gasteiger partial charge in [0.2, 0.25) is 0 Å². The molecule has 2 nitrogen and oxygen atoms in total. The van der Waals surface area contributed by atoms with Gasteiger partial charge in [-0.1, -0.05) is 30.4 Å². The molecule has 2 heteroatoms. The van der Waals surface area contributed by atoms with Crippen molar-refractivity contribution in [2.75, 3.05) is 6.54 Å². The summed E-state index contributed by atoms with van der Waals surface area (Å²) in [6.45, 7) is 6.03. The lowest BCUT2D eigenvalue weighted by molar-refractivity contribution is 0.186. The van der Waals surface area contributed by atoms with Crippen molar-refractivity contribution in [1.29, 1.82) is 0 Å². The zero-order valence-electron chi connectivity index (χ0n) is 7.83. The zero-order chi connectivity index (χ0) is 9.84. The number of hydrogen-bond acceptors (Lipinski definition) is 2. The minimum absolute atomic E-state index is 0.250. The third-order valence-electron chi connectivity index (χ3n) is 1.99. The van der Waals surface area contributed by atoms with Gasteiger partial charge in [0.1, 0.15) is 0 Å². The molecule has 0 bridgehead atoms. The highest BCUT2D eigenvalue weighted by Crippen LogP contribution is 2.17. The van der Waals surface area contributed by atoms with Crippen molar-refractivity contribution < 1.29 is 5.11 Å². The van der Waals surface area contributed by atoms with E-state index in [1.807, 2.05) is 31.2 Å². The molecule has 0 aliphatic heterocycles. The van der Waals surface area contributed by atoms with E-state index in [4.69, 9.17) is 5.73 Å². The maximum atomic E-state index is 9.48. The first-order valence-corrected chi connectivity index (χ1v) is 4.29. The summed E-state index contributed by atoms with van der Waals surface area (Å²) in [5, 5.41) is 9.48. The minimum Gasteiger partial charge on any atom is -0.387 e. The van der Waals surface area contributed by atoms with Crippen molar-refractivity contribution in [2.45, 2.75) is 13.0 Å². The molecular weight excluding hydrogens is 162 g/mol. The van der Waals surface area contributed by atoms with Crippen molar-refractivity contribution >= 4 is 5.57 Å². The zero-order valence-corrected chi connectivity index (χ0v) is 7.83. The number of hydrogen-bond donors (Lipinski definition) is 2. The second-order valence-corrected chi connectivity index (χ2v) is 3.16. The van der Waals surface area contributed by atoms with Gasteiger partial charge >= 0.3 is 0 Å². The van der Waals surface area contributed by atoms with Crippen LogP contribution in [0.15, 0.2) is 30.8 Å².